The van der Waals surface area contributed by atoms with Gasteiger partial charge < -0.3 is 9.88 Å². The van der Waals surface area contributed by atoms with Gasteiger partial charge in [0, 0.05) is 24.3 Å². The third-order valence-electron chi connectivity index (χ3n) is 3.68. The monoisotopic (exact) mass is 330 g/mol. The molecule has 0 fully saturated rings. The van der Waals surface area contributed by atoms with Gasteiger partial charge in [0.1, 0.15) is 5.69 Å². The van der Waals surface area contributed by atoms with Gasteiger partial charge in [-0.2, -0.15) is 13.9 Å². The summed E-state index contributed by atoms with van der Waals surface area (Å²) in [6.07, 6.45) is 4.97. The maximum absolute atomic E-state index is 12.5. The lowest BCUT2D eigenvalue weighted by Crippen LogP contribution is -2.27. The molecule has 1 aromatic carbocycles. The van der Waals surface area contributed by atoms with Crippen molar-refractivity contribution >= 4 is 5.91 Å². The summed E-state index contributed by atoms with van der Waals surface area (Å²) in [5, 5.41) is 6.31. The number of aromatic nitrogens is 3. The van der Waals surface area contributed by atoms with E-state index in [1.807, 2.05) is 60.3 Å². The minimum atomic E-state index is -2.76. The second kappa shape index (κ2) is 6.66. The van der Waals surface area contributed by atoms with Gasteiger partial charge in [-0.05, 0) is 42.8 Å². The van der Waals surface area contributed by atoms with Crippen LogP contribution >= 0.6 is 0 Å². The molecule has 5 nitrogen and oxygen atoms in total. The van der Waals surface area contributed by atoms with Crippen LogP contribution in [0.2, 0.25) is 0 Å². The second-order valence-electron chi connectivity index (χ2n) is 5.34. The maximum atomic E-state index is 12.5. The molecule has 124 valence electrons. The van der Waals surface area contributed by atoms with Crippen molar-refractivity contribution in [3.8, 4) is 5.69 Å². The molecule has 0 bridgehead atoms. The van der Waals surface area contributed by atoms with E-state index < -0.39 is 12.5 Å². The summed E-state index contributed by atoms with van der Waals surface area (Å²) in [5.74, 6) is -0.489. The zero-order valence-electron chi connectivity index (χ0n) is 12.9. The van der Waals surface area contributed by atoms with Crippen molar-refractivity contribution in [2.24, 2.45) is 0 Å². The van der Waals surface area contributed by atoms with Gasteiger partial charge in [-0.25, -0.2) is 4.68 Å². The highest BCUT2D eigenvalue weighted by Crippen LogP contribution is 2.17. The van der Waals surface area contributed by atoms with E-state index in [1.165, 1.54) is 6.07 Å². The number of carbonyl (C=O) groups is 1. The van der Waals surface area contributed by atoms with E-state index in [2.05, 4.69) is 10.4 Å². The molecule has 3 aromatic rings. The molecule has 24 heavy (non-hydrogen) atoms. The maximum Gasteiger partial charge on any atom is 0.333 e. The molecule has 0 saturated heterocycles. The second-order valence-corrected chi connectivity index (χ2v) is 5.34. The minimum Gasteiger partial charge on any atom is -0.344 e. The predicted octanol–water partition coefficient (Wildman–Crippen LogP) is 3.56. The number of rotatable bonds is 5. The highest BCUT2D eigenvalue weighted by Gasteiger charge is 2.16. The Hall–Kier alpha value is -2.96. The first-order valence-electron chi connectivity index (χ1n) is 7.42. The molecule has 2 heterocycles. The van der Waals surface area contributed by atoms with Crippen molar-refractivity contribution in [1.29, 1.82) is 0 Å². The first kappa shape index (κ1) is 15.9. The number of benzene rings is 1. The van der Waals surface area contributed by atoms with E-state index in [4.69, 9.17) is 0 Å². The highest BCUT2D eigenvalue weighted by molar-refractivity contribution is 5.92. The summed E-state index contributed by atoms with van der Waals surface area (Å²) in [6, 6.07) is 12.6. The van der Waals surface area contributed by atoms with Gasteiger partial charge in [-0.15, -0.1) is 0 Å². The van der Waals surface area contributed by atoms with Gasteiger partial charge in [0.2, 0.25) is 0 Å². The Kier molecular flexibility index (Phi) is 4.41. The van der Waals surface area contributed by atoms with Gasteiger partial charge in [-0.1, -0.05) is 12.1 Å². The van der Waals surface area contributed by atoms with E-state index in [1.54, 1.807) is 0 Å². The van der Waals surface area contributed by atoms with Gasteiger partial charge >= 0.3 is 6.55 Å². The number of halogens is 2. The fourth-order valence-electron chi connectivity index (χ4n) is 2.36. The van der Waals surface area contributed by atoms with Crippen LogP contribution in [0.15, 0.2) is 61.1 Å². The summed E-state index contributed by atoms with van der Waals surface area (Å²) < 4.78 is 27.4. The summed E-state index contributed by atoms with van der Waals surface area (Å²) in [6.45, 7) is -0.933. The Morgan fingerprint density at radius 2 is 1.75 bits per heavy atom. The van der Waals surface area contributed by atoms with Crippen LogP contribution < -0.4 is 5.32 Å². The van der Waals surface area contributed by atoms with Gasteiger partial charge in [-0.3, -0.25) is 4.79 Å². The lowest BCUT2D eigenvalue weighted by Gasteiger charge is -2.14. The molecular weight excluding hydrogens is 314 g/mol. The summed E-state index contributed by atoms with van der Waals surface area (Å²) in [7, 11) is 0. The molecule has 0 aliphatic heterocycles. The van der Waals surface area contributed by atoms with Crippen molar-refractivity contribution in [3.63, 3.8) is 0 Å². The molecule has 1 N–H and O–H groups in total. The normalized spacial score (nSPS) is 12.3. The number of hydrogen-bond acceptors (Lipinski definition) is 2. The Balaban J connectivity index is 1.67. The molecule has 2 aromatic heterocycles. The zero-order valence-corrected chi connectivity index (χ0v) is 12.9. The van der Waals surface area contributed by atoms with Crippen LogP contribution in [0, 0.1) is 0 Å². The quantitative estimate of drug-likeness (QED) is 0.778. The number of hydrogen-bond donors (Lipinski definition) is 1. The molecule has 1 unspecified atom stereocenters. The molecular formula is C17H16F2N4O. The third-order valence-corrected chi connectivity index (χ3v) is 3.68. The Morgan fingerprint density at radius 3 is 2.33 bits per heavy atom. The van der Waals surface area contributed by atoms with Crippen LogP contribution in [0.4, 0.5) is 8.78 Å². The lowest BCUT2D eigenvalue weighted by molar-refractivity contribution is 0.0559. The number of nitrogens with zero attached hydrogens (tertiary/aromatic N) is 3. The molecule has 7 heteroatoms. The fourth-order valence-corrected chi connectivity index (χ4v) is 2.36. The number of amides is 1. The standard InChI is InChI=1S/C17H16F2N4O/c1-12(20-16(24)15-8-11-23(21-15)17(18)19)13-4-6-14(7-5-13)22-9-2-3-10-22/h2-12,17H,1H3,(H,20,24). The predicted molar refractivity (Wildman–Crippen MR) is 85.1 cm³/mol. The van der Waals surface area contributed by atoms with E-state index in [0.29, 0.717) is 4.68 Å². The smallest absolute Gasteiger partial charge is 0.333 e. The average molecular weight is 330 g/mol. The molecule has 0 saturated carbocycles. The van der Waals surface area contributed by atoms with Crippen LogP contribution in [-0.2, 0) is 0 Å². The van der Waals surface area contributed by atoms with Crippen LogP contribution in [0.1, 0.15) is 35.6 Å². The highest BCUT2D eigenvalue weighted by atomic mass is 19.3. The molecule has 0 radical (unpaired) electrons. The number of nitrogens with one attached hydrogen (secondary N) is 1. The van der Waals surface area contributed by atoms with Crippen molar-refractivity contribution < 1.29 is 13.6 Å². The van der Waals surface area contributed by atoms with E-state index >= 15 is 0 Å². The Bertz CT molecular complexity index is 810. The zero-order chi connectivity index (χ0) is 17.1. The van der Waals surface area contributed by atoms with Crippen LogP contribution in [0.5, 0.6) is 0 Å². The number of carbonyl (C=O) groups excluding carboxylic acids is 1. The minimum absolute atomic E-state index is 0.0360. The number of alkyl halides is 2. The molecule has 0 aliphatic carbocycles. The molecule has 3 rings (SSSR count). The third kappa shape index (κ3) is 3.34. The van der Waals surface area contributed by atoms with Crippen molar-refractivity contribution in [2.75, 3.05) is 0 Å². The van der Waals surface area contributed by atoms with Crippen molar-refractivity contribution in [2.45, 2.75) is 19.5 Å². The first-order chi connectivity index (χ1) is 11.5. The fraction of sp³-hybridized carbons (Fsp3) is 0.176. The van der Waals surface area contributed by atoms with Crippen molar-refractivity contribution in [3.05, 3.63) is 72.3 Å². The lowest BCUT2D eigenvalue weighted by atomic mass is 10.1. The van der Waals surface area contributed by atoms with Crippen molar-refractivity contribution in [1.82, 2.24) is 19.7 Å². The summed E-state index contributed by atoms with van der Waals surface area (Å²) >= 11 is 0. The SMILES string of the molecule is CC(NC(=O)c1ccn(C(F)F)n1)c1ccc(-n2cccc2)cc1. The van der Waals surface area contributed by atoms with Crippen LogP contribution in [0.25, 0.3) is 5.69 Å². The van der Waals surface area contributed by atoms with Gasteiger partial charge in [0.25, 0.3) is 5.91 Å². The van der Waals surface area contributed by atoms with Gasteiger partial charge in [0.05, 0.1) is 6.04 Å². The largest absolute Gasteiger partial charge is 0.344 e. The van der Waals surface area contributed by atoms with Crippen LogP contribution in [-0.4, -0.2) is 20.3 Å². The van der Waals surface area contributed by atoms with E-state index in [-0.39, 0.29) is 11.7 Å². The molecule has 1 amide bonds. The summed E-state index contributed by atoms with van der Waals surface area (Å²) in [5.41, 5.74) is 1.89. The summed E-state index contributed by atoms with van der Waals surface area (Å²) in [4.78, 5) is 12.1. The molecule has 0 spiro atoms. The average Bonchev–Trinajstić information content (AvgIpc) is 3.26. The van der Waals surface area contributed by atoms with Crippen LogP contribution in [0.3, 0.4) is 0 Å². The Morgan fingerprint density at radius 1 is 1.08 bits per heavy atom. The van der Waals surface area contributed by atoms with E-state index in [9.17, 15) is 13.6 Å². The first-order valence-corrected chi connectivity index (χ1v) is 7.42. The topological polar surface area (TPSA) is 51.9 Å². The van der Waals surface area contributed by atoms with E-state index in [0.717, 1.165) is 17.4 Å². The Labute approximate surface area is 137 Å². The molecule has 0 aliphatic rings. The van der Waals surface area contributed by atoms with Gasteiger partial charge in [0.15, 0.2) is 0 Å². The molecule has 1 atom stereocenters.